The molecule has 0 radical (unpaired) electrons. The Morgan fingerprint density at radius 2 is 1.74 bits per heavy atom. The van der Waals surface area contributed by atoms with Crippen LogP contribution in [0, 0.1) is 11.7 Å². The van der Waals surface area contributed by atoms with Gasteiger partial charge >= 0.3 is 5.69 Å². The van der Waals surface area contributed by atoms with Gasteiger partial charge in [-0.1, -0.05) is 39.8 Å². The van der Waals surface area contributed by atoms with E-state index in [2.05, 4.69) is 9.97 Å². The van der Waals surface area contributed by atoms with E-state index >= 15 is 0 Å². The second-order valence-electron chi connectivity index (χ2n) is 9.87. The minimum Gasteiger partial charge on any atom is -0.333 e. The molecule has 0 saturated heterocycles. The van der Waals surface area contributed by atoms with E-state index in [4.69, 9.17) is 0 Å². The van der Waals surface area contributed by atoms with E-state index in [0.29, 0.717) is 25.3 Å². The minimum absolute atomic E-state index is 0.0276. The van der Waals surface area contributed by atoms with Gasteiger partial charge in [-0.2, -0.15) is 0 Å². The summed E-state index contributed by atoms with van der Waals surface area (Å²) in [6.07, 6.45) is 0. The van der Waals surface area contributed by atoms with Gasteiger partial charge in [0.2, 0.25) is 0 Å². The van der Waals surface area contributed by atoms with Crippen molar-refractivity contribution in [2.75, 3.05) is 27.2 Å². The number of nitrogens with one attached hydrogen (secondary N) is 1. The first-order chi connectivity index (χ1) is 16.5. The van der Waals surface area contributed by atoms with Crippen molar-refractivity contribution >= 4 is 16.9 Å². The standard InChI is InChI=1S/C26H34FN5O3/c1-16(2)14-32-23-22(24(33)29-26(32)35)20(13-21(28-23)17(3)4)25(34)31(12-11-30(5)6)15-18-7-9-19(27)10-8-18/h7-10,13,16-17H,11-12,14-15H2,1-6H3,(H,29,33,35). The zero-order valence-corrected chi connectivity index (χ0v) is 21.3. The number of likely N-dealkylation sites (N-methyl/N-ethyl adjacent to an activating group) is 1. The number of H-pyrrole nitrogens is 1. The lowest BCUT2D eigenvalue weighted by Gasteiger charge is -2.26. The van der Waals surface area contributed by atoms with Crippen LogP contribution in [0.2, 0.25) is 0 Å². The fraction of sp³-hybridized carbons (Fsp3) is 0.462. The number of carbonyl (C=O) groups is 1. The van der Waals surface area contributed by atoms with Crippen LogP contribution < -0.4 is 11.2 Å². The molecule has 1 amide bonds. The van der Waals surface area contributed by atoms with Crippen molar-refractivity contribution in [3.8, 4) is 0 Å². The molecule has 9 heteroatoms. The van der Waals surface area contributed by atoms with Gasteiger partial charge in [-0.05, 0) is 49.7 Å². The third kappa shape index (κ3) is 6.22. The third-order valence-corrected chi connectivity index (χ3v) is 5.73. The Labute approximate surface area is 204 Å². The van der Waals surface area contributed by atoms with Crippen molar-refractivity contribution in [2.24, 2.45) is 5.92 Å². The highest BCUT2D eigenvalue weighted by Crippen LogP contribution is 2.22. The molecule has 0 spiro atoms. The highest BCUT2D eigenvalue weighted by Gasteiger charge is 2.24. The molecule has 1 aromatic carbocycles. The number of halogens is 1. The van der Waals surface area contributed by atoms with E-state index in [-0.39, 0.29) is 46.7 Å². The van der Waals surface area contributed by atoms with Crippen LogP contribution >= 0.6 is 0 Å². The summed E-state index contributed by atoms with van der Waals surface area (Å²) in [5.74, 6) is -0.595. The summed E-state index contributed by atoms with van der Waals surface area (Å²) >= 11 is 0. The van der Waals surface area contributed by atoms with Gasteiger partial charge in [-0.3, -0.25) is 19.1 Å². The van der Waals surface area contributed by atoms with Gasteiger partial charge in [0.1, 0.15) is 5.82 Å². The van der Waals surface area contributed by atoms with Gasteiger partial charge in [-0.15, -0.1) is 0 Å². The second-order valence-corrected chi connectivity index (χ2v) is 9.87. The second kappa shape index (κ2) is 10.9. The van der Waals surface area contributed by atoms with E-state index in [0.717, 1.165) is 5.56 Å². The Bertz CT molecular complexity index is 1310. The molecule has 0 fully saturated rings. The number of pyridine rings is 1. The number of aromatic nitrogens is 3. The van der Waals surface area contributed by atoms with Gasteiger partial charge in [0.05, 0.1) is 10.9 Å². The van der Waals surface area contributed by atoms with Crippen LogP contribution in [0.1, 0.15) is 55.2 Å². The molecule has 3 aromatic rings. The number of rotatable bonds is 9. The summed E-state index contributed by atoms with van der Waals surface area (Å²) in [5.41, 5.74) is 0.642. The van der Waals surface area contributed by atoms with E-state index in [9.17, 15) is 18.8 Å². The summed E-state index contributed by atoms with van der Waals surface area (Å²) in [7, 11) is 3.82. The first-order valence-corrected chi connectivity index (χ1v) is 11.8. The molecule has 0 saturated carbocycles. The van der Waals surface area contributed by atoms with E-state index in [1.807, 2.05) is 46.7 Å². The van der Waals surface area contributed by atoms with Gasteiger partial charge in [0, 0.05) is 31.9 Å². The quantitative estimate of drug-likeness (QED) is 0.505. The minimum atomic E-state index is -0.634. The normalized spacial score (nSPS) is 11.7. The van der Waals surface area contributed by atoms with Crippen molar-refractivity contribution in [1.82, 2.24) is 24.3 Å². The fourth-order valence-corrected chi connectivity index (χ4v) is 3.85. The highest BCUT2D eigenvalue weighted by atomic mass is 19.1. The van der Waals surface area contributed by atoms with Crippen molar-refractivity contribution in [3.63, 3.8) is 0 Å². The zero-order valence-electron chi connectivity index (χ0n) is 21.3. The van der Waals surface area contributed by atoms with Crippen molar-refractivity contribution in [2.45, 2.75) is 46.7 Å². The summed E-state index contributed by atoms with van der Waals surface area (Å²) in [6, 6.07) is 7.66. The first-order valence-electron chi connectivity index (χ1n) is 11.8. The first kappa shape index (κ1) is 26.3. The van der Waals surface area contributed by atoms with Crippen molar-refractivity contribution in [3.05, 3.63) is 73.8 Å². The van der Waals surface area contributed by atoms with Crippen LogP contribution in [-0.4, -0.2) is 57.4 Å². The summed E-state index contributed by atoms with van der Waals surface area (Å²) < 4.78 is 14.9. The van der Waals surface area contributed by atoms with Gasteiger partial charge < -0.3 is 9.80 Å². The molecule has 2 heterocycles. The summed E-state index contributed by atoms with van der Waals surface area (Å²) in [6.45, 7) is 9.42. The number of amides is 1. The largest absolute Gasteiger partial charge is 0.333 e. The molecule has 0 bridgehead atoms. The molecule has 1 N–H and O–H groups in total. The lowest BCUT2D eigenvalue weighted by Crippen LogP contribution is -2.38. The maximum absolute atomic E-state index is 14.0. The molecular weight excluding hydrogens is 449 g/mol. The van der Waals surface area contributed by atoms with Crippen LogP contribution in [0.3, 0.4) is 0 Å². The van der Waals surface area contributed by atoms with E-state index < -0.39 is 11.2 Å². The maximum atomic E-state index is 14.0. The van der Waals surface area contributed by atoms with Gasteiger partial charge in [-0.25, -0.2) is 14.2 Å². The third-order valence-electron chi connectivity index (χ3n) is 5.73. The number of carbonyl (C=O) groups excluding carboxylic acids is 1. The molecule has 0 aliphatic carbocycles. The zero-order chi connectivity index (χ0) is 25.9. The molecule has 35 heavy (non-hydrogen) atoms. The molecule has 3 rings (SSSR count). The number of hydrogen-bond acceptors (Lipinski definition) is 5. The van der Waals surface area contributed by atoms with Gasteiger partial charge in [0.25, 0.3) is 11.5 Å². The van der Waals surface area contributed by atoms with E-state index in [1.165, 1.54) is 16.7 Å². The lowest BCUT2D eigenvalue weighted by atomic mass is 10.0. The Kier molecular flexibility index (Phi) is 8.22. The number of aromatic amines is 1. The average molecular weight is 484 g/mol. The predicted molar refractivity (Wildman–Crippen MR) is 135 cm³/mol. The monoisotopic (exact) mass is 483 g/mol. The Hall–Kier alpha value is -3.33. The Balaban J connectivity index is 2.21. The SMILES string of the molecule is CC(C)Cn1c(=O)[nH]c(=O)c2c(C(=O)N(CCN(C)C)Cc3ccc(F)cc3)cc(C(C)C)nc21. The average Bonchev–Trinajstić information content (AvgIpc) is 2.79. The molecule has 0 atom stereocenters. The Morgan fingerprint density at radius 3 is 2.31 bits per heavy atom. The van der Waals surface area contributed by atoms with Gasteiger partial charge in [0.15, 0.2) is 5.65 Å². The fourth-order valence-electron chi connectivity index (χ4n) is 3.85. The molecular formula is C26H34FN5O3. The van der Waals surface area contributed by atoms with Crippen molar-refractivity contribution in [1.29, 1.82) is 0 Å². The van der Waals surface area contributed by atoms with Crippen molar-refractivity contribution < 1.29 is 9.18 Å². The molecule has 0 aliphatic rings. The number of hydrogen-bond donors (Lipinski definition) is 1. The number of fused-ring (bicyclic) bond motifs is 1. The molecule has 2 aromatic heterocycles. The predicted octanol–water partition coefficient (Wildman–Crippen LogP) is 3.21. The Morgan fingerprint density at radius 1 is 1.09 bits per heavy atom. The van der Waals surface area contributed by atoms with Crippen LogP contribution in [0.5, 0.6) is 0 Å². The number of nitrogens with zero attached hydrogens (tertiary/aromatic N) is 4. The molecule has 8 nitrogen and oxygen atoms in total. The summed E-state index contributed by atoms with van der Waals surface area (Å²) in [5, 5.41) is 0.105. The molecule has 188 valence electrons. The number of benzene rings is 1. The smallest absolute Gasteiger partial charge is 0.330 e. The van der Waals surface area contributed by atoms with Crippen LogP contribution in [-0.2, 0) is 13.1 Å². The molecule has 0 aliphatic heterocycles. The maximum Gasteiger partial charge on any atom is 0.330 e. The van der Waals surface area contributed by atoms with Crippen LogP contribution in [0.4, 0.5) is 4.39 Å². The lowest BCUT2D eigenvalue weighted by molar-refractivity contribution is 0.0733. The highest BCUT2D eigenvalue weighted by molar-refractivity contribution is 6.05. The van der Waals surface area contributed by atoms with E-state index in [1.54, 1.807) is 23.1 Å². The topological polar surface area (TPSA) is 91.3 Å². The summed E-state index contributed by atoms with van der Waals surface area (Å²) in [4.78, 5) is 50.2. The van der Waals surface area contributed by atoms with Crippen LogP contribution in [0.15, 0.2) is 39.9 Å². The van der Waals surface area contributed by atoms with Crippen LogP contribution in [0.25, 0.3) is 11.0 Å². The molecule has 0 unspecified atom stereocenters.